The Morgan fingerprint density at radius 1 is 0.967 bits per heavy atom. The Kier molecular flexibility index (Phi) is 8.13. The van der Waals surface area contributed by atoms with Crippen LogP contribution in [0.2, 0.25) is 0 Å². The average Bonchev–Trinajstić information content (AvgIpc) is 2.65. The van der Waals surface area contributed by atoms with Crippen LogP contribution in [0.15, 0.2) is 53.4 Å². The molecule has 164 valence electrons. The summed E-state index contributed by atoms with van der Waals surface area (Å²) in [6.07, 6.45) is 1.62. The summed E-state index contributed by atoms with van der Waals surface area (Å²) in [4.78, 5) is 12.5. The molecule has 10 heteroatoms. The van der Waals surface area contributed by atoms with Crippen LogP contribution < -0.4 is 14.8 Å². The number of sulfonamides is 2. The summed E-state index contributed by atoms with van der Waals surface area (Å²) in [6.45, 7) is 3.96. The number of carbonyl (C=O) groups is 1. The van der Waals surface area contributed by atoms with Gasteiger partial charge in [0.2, 0.25) is 20.0 Å². The second-order valence-corrected chi connectivity index (χ2v) is 10.8. The first-order valence-corrected chi connectivity index (χ1v) is 12.8. The zero-order valence-corrected chi connectivity index (χ0v) is 18.8. The Morgan fingerprint density at radius 2 is 1.63 bits per heavy atom. The van der Waals surface area contributed by atoms with Gasteiger partial charge < -0.3 is 5.32 Å². The second-order valence-electron chi connectivity index (χ2n) is 7.22. The highest BCUT2D eigenvalue weighted by Gasteiger charge is 2.15. The quantitative estimate of drug-likeness (QED) is 0.502. The van der Waals surface area contributed by atoms with Crippen LogP contribution in [0.1, 0.15) is 35.3 Å². The van der Waals surface area contributed by atoms with Gasteiger partial charge in [0.25, 0.3) is 5.91 Å². The summed E-state index contributed by atoms with van der Waals surface area (Å²) in [6, 6.07) is 13.1. The monoisotopic (exact) mass is 453 g/mol. The Balaban J connectivity index is 1.95. The summed E-state index contributed by atoms with van der Waals surface area (Å²) in [5.41, 5.74) is 2.02. The van der Waals surface area contributed by atoms with Crippen molar-refractivity contribution in [1.82, 2.24) is 14.8 Å². The van der Waals surface area contributed by atoms with Crippen LogP contribution in [0.3, 0.4) is 0 Å². The van der Waals surface area contributed by atoms with Gasteiger partial charge in [-0.25, -0.2) is 26.3 Å². The first-order valence-electron chi connectivity index (χ1n) is 9.39. The van der Waals surface area contributed by atoms with E-state index in [4.69, 9.17) is 0 Å². The number of amides is 1. The van der Waals surface area contributed by atoms with E-state index in [1.165, 1.54) is 12.1 Å². The Bertz CT molecular complexity index is 1080. The molecule has 2 rings (SSSR count). The first kappa shape index (κ1) is 24.0. The van der Waals surface area contributed by atoms with Gasteiger partial charge in [0.1, 0.15) is 0 Å². The molecule has 3 N–H and O–H groups in total. The van der Waals surface area contributed by atoms with E-state index in [0.29, 0.717) is 17.5 Å². The molecular formula is C20H27N3O5S2. The van der Waals surface area contributed by atoms with Crippen molar-refractivity contribution in [3.63, 3.8) is 0 Å². The maximum atomic E-state index is 12.4. The molecule has 0 bridgehead atoms. The predicted octanol–water partition coefficient (Wildman–Crippen LogP) is 1.40. The predicted molar refractivity (Wildman–Crippen MR) is 116 cm³/mol. The molecule has 0 spiro atoms. The molecule has 1 amide bonds. The lowest BCUT2D eigenvalue weighted by Gasteiger charge is -2.11. The topological polar surface area (TPSA) is 121 Å². The third-order valence-electron chi connectivity index (χ3n) is 4.05. The average molecular weight is 454 g/mol. The largest absolute Gasteiger partial charge is 0.348 e. The fourth-order valence-corrected chi connectivity index (χ4v) is 4.48. The van der Waals surface area contributed by atoms with Crippen LogP contribution in [-0.2, 0) is 33.0 Å². The number of nitrogens with one attached hydrogen (secondary N) is 3. The molecule has 0 aromatic heterocycles. The fourth-order valence-electron chi connectivity index (χ4n) is 2.69. The maximum absolute atomic E-state index is 12.4. The van der Waals surface area contributed by atoms with Gasteiger partial charge in [0.15, 0.2) is 0 Å². The van der Waals surface area contributed by atoms with Gasteiger partial charge in [-0.3, -0.25) is 4.79 Å². The first-order chi connectivity index (χ1) is 14.0. The van der Waals surface area contributed by atoms with Crippen LogP contribution in [0.4, 0.5) is 0 Å². The molecular weight excluding hydrogens is 426 g/mol. The maximum Gasteiger partial charge on any atom is 0.251 e. The van der Waals surface area contributed by atoms with Crippen LogP contribution in [0.5, 0.6) is 0 Å². The number of hydrogen-bond acceptors (Lipinski definition) is 5. The van der Waals surface area contributed by atoms with Crippen molar-refractivity contribution in [3.05, 3.63) is 65.2 Å². The minimum atomic E-state index is -3.60. The molecule has 0 unspecified atom stereocenters. The van der Waals surface area contributed by atoms with Gasteiger partial charge in [0, 0.05) is 24.7 Å². The zero-order valence-electron chi connectivity index (χ0n) is 17.2. The Labute approximate surface area is 178 Å². The summed E-state index contributed by atoms with van der Waals surface area (Å²) in [5.74, 6) is -0.288. The molecule has 2 aromatic carbocycles. The van der Waals surface area contributed by atoms with Gasteiger partial charge in [-0.05, 0) is 55.7 Å². The van der Waals surface area contributed by atoms with Crippen LogP contribution in [-0.4, -0.2) is 41.6 Å². The van der Waals surface area contributed by atoms with Crippen LogP contribution in [0.25, 0.3) is 0 Å². The normalized spacial score (nSPS) is 12.1. The molecule has 0 radical (unpaired) electrons. The van der Waals surface area contributed by atoms with E-state index in [2.05, 4.69) is 14.8 Å². The second kappa shape index (κ2) is 10.2. The zero-order chi connectivity index (χ0) is 22.4. The van der Waals surface area contributed by atoms with Crippen LogP contribution in [0, 0.1) is 0 Å². The van der Waals surface area contributed by atoms with Gasteiger partial charge in [-0.1, -0.05) is 24.3 Å². The smallest absolute Gasteiger partial charge is 0.251 e. The minimum absolute atomic E-state index is 0.148. The van der Waals surface area contributed by atoms with Gasteiger partial charge in [-0.2, -0.15) is 0 Å². The van der Waals surface area contributed by atoms with Gasteiger partial charge in [-0.15, -0.1) is 0 Å². The van der Waals surface area contributed by atoms with Crippen LogP contribution >= 0.6 is 0 Å². The molecule has 0 heterocycles. The van der Waals surface area contributed by atoms with E-state index < -0.39 is 20.0 Å². The summed E-state index contributed by atoms with van der Waals surface area (Å²) >= 11 is 0. The third-order valence-corrected chi connectivity index (χ3v) is 6.43. The van der Waals surface area contributed by atoms with Gasteiger partial charge in [0.05, 0.1) is 11.2 Å². The highest BCUT2D eigenvalue weighted by atomic mass is 32.2. The highest BCUT2D eigenvalue weighted by Crippen LogP contribution is 2.12. The minimum Gasteiger partial charge on any atom is -0.348 e. The van der Waals surface area contributed by atoms with Crippen molar-refractivity contribution in [1.29, 1.82) is 0 Å². The lowest BCUT2D eigenvalue weighted by atomic mass is 10.1. The Hall–Kier alpha value is -2.27. The number of carbonyl (C=O) groups excluding carboxylic acids is 1. The third kappa shape index (κ3) is 7.86. The van der Waals surface area contributed by atoms with E-state index >= 15 is 0 Å². The number of hydrogen-bond donors (Lipinski definition) is 3. The fraction of sp³-hybridized carbons (Fsp3) is 0.350. The van der Waals surface area contributed by atoms with E-state index in [9.17, 15) is 21.6 Å². The van der Waals surface area contributed by atoms with E-state index in [-0.39, 0.29) is 29.9 Å². The SMILES string of the molecule is CC(C)NS(=O)(=O)c1cccc(CNC(=O)c2ccc(CCNS(C)(=O)=O)cc2)c1. The molecule has 0 atom stereocenters. The lowest BCUT2D eigenvalue weighted by Crippen LogP contribution is -2.30. The van der Waals surface area contributed by atoms with Crippen molar-refractivity contribution in [2.45, 2.75) is 37.8 Å². The highest BCUT2D eigenvalue weighted by molar-refractivity contribution is 7.89. The molecule has 0 saturated heterocycles. The summed E-state index contributed by atoms with van der Waals surface area (Å²) in [7, 11) is -6.82. The van der Waals surface area contributed by atoms with Crippen molar-refractivity contribution < 1.29 is 21.6 Å². The number of rotatable bonds is 10. The standard InChI is InChI=1S/C20H27N3O5S2/c1-15(2)23-30(27,28)19-6-4-5-17(13-19)14-21-20(24)18-9-7-16(8-10-18)11-12-22-29(3,25)26/h4-10,13,15,22-23H,11-12,14H2,1-3H3,(H,21,24). The molecule has 0 aliphatic carbocycles. The molecule has 2 aromatic rings. The van der Waals surface area contributed by atoms with E-state index in [0.717, 1.165) is 11.8 Å². The van der Waals surface area contributed by atoms with Crippen molar-refractivity contribution in [3.8, 4) is 0 Å². The van der Waals surface area contributed by atoms with Crippen molar-refractivity contribution in [2.24, 2.45) is 0 Å². The molecule has 30 heavy (non-hydrogen) atoms. The molecule has 0 fully saturated rings. The summed E-state index contributed by atoms with van der Waals surface area (Å²) in [5, 5.41) is 2.77. The Morgan fingerprint density at radius 3 is 2.23 bits per heavy atom. The van der Waals surface area contributed by atoms with E-state index in [1.54, 1.807) is 50.2 Å². The van der Waals surface area contributed by atoms with Crippen molar-refractivity contribution >= 4 is 26.0 Å². The molecule has 0 saturated carbocycles. The lowest BCUT2D eigenvalue weighted by molar-refractivity contribution is 0.0951. The van der Waals surface area contributed by atoms with Crippen molar-refractivity contribution in [2.75, 3.05) is 12.8 Å². The molecule has 0 aliphatic rings. The number of benzene rings is 2. The molecule has 0 aliphatic heterocycles. The van der Waals surface area contributed by atoms with E-state index in [1.807, 2.05) is 0 Å². The van der Waals surface area contributed by atoms with Gasteiger partial charge >= 0.3 is 0 Å². The summed E-state index contributed by atoms with van der Waals surface area (Å²) < 4.78 is 51.7. The molecule has 8 nitrogen and oxygen atoms in total.